The minimum Gasteiger partial charge on any atom is -1.00 e. The highest BCUT2D eigenvalue weighted by molar-refractivity contribution is 4.56. The Balaban J connectivity index is 0.00000361. The zero-order valence-electron chi connectivity index (χ0n) is 14.1. The van der Waals surface area contributed by atoms with Crippen LogP contribution in [-0.2, 0) is 0 Å². The summed E-state index contributed by atoms with van der Waals surface area (Å²) in [6.45, 7) is 10.6. The van der Waals surface area contributed by atoms with Gasteiger partial charge in [-0.25, -0.2) is 0 Å². The van der Waals surface area contributed by atoms with Crippen LogP contribution < -0.4 is 4.70 Å². The Labute approximate surface area is 127 Å². The summed E-state index contributed by atoms with van der Waals surface area (Å²) in [6.07, 6.45) is 17.5. The van der Waals surface area contributed by atoms with E-state index in [0.717, 1.165) is 0 Å². The fourth-order valence-electron chi connectivity index (χ4n) is 3.64. The summed E-state index contributed by atoms with van der Waals surface area (Å²) in [5.74, 6) is 0. The van der Waals surface area contributed by atoms with Gasteiger partial charge in [-0.3, -0.25) is 0 Å². The fourth-order valence-corrected chi connectivity index (χ4v) is 3.64. The van der Waals surface area contributed by atoms with E-state index in [1.807, 2.05) is 0 Å². The van der Waals surface area contributed by atoms with Gasteiger partial charge in [0.2, 0.25) is 0 Å². The molecule has 1 aliphatic rings. The Morgan fingerprint density at radius 3 is 1.70 bits per heavy atom. The molecule has 0 aromatic heterocycles. The zero-order chi connectivity index (χ0) is 13.8. The second-order valence-corrected chi connectivity index (χ2v) is 6.77. The normalized spacial score (nSPS) is 17.7. The third-order valence-corrected chi connectivity index (χ3v) is 4.99. The summed E-state index contributed by atoms with van der Waals surface area (Å²) in [6, 6.07) is 0. The number of piperidine rings is 1. The topological polar surface area (TPSA) is 0 Å². The van der Waals surface area contributed by atoms with Gasteiger partial charge in [0, 0.05) is 0 Å². The lowest BCUT2D eigenvalue weighted by atomic mass is 10.0. The number of hydrogen-bond donors (Lipinski definition) is 0. The highest BCUT2D eigenvalue weighted by Gasteiger charge is 2.28. The van der Waals surface area contributed by atoms with Crippen molar-refractivity contribution in [3.8, 4) is 0 Å². The first kappa shape index (κ1) is 19.9. The van der Waals surface area contributed by atoms with Crippen molar-refractivity contribution in [3.05, 3.63) is 0 Å². The average molecular weight is 288 g/mol. The fraction of sp³-hybridized carbons (Fsp3) is 1.00. The summed E-state index contributed by atoms with van der Waals surface area (Å²) in [7, 11) is 0. The zero-order valence-corrected chi connectivity index (χ0v) is 14.1. The quantitative estimate of drug-likeness (QED) is 0.405. The van der Waals surface area contributed by atoms with Crippen molar-refractivity contribution in [1.82, 2.24) is 0 Å². The molecule has 1 nitrogen and oxygen atoms in total. The molecule has 2 heteroatoms. The number of nitrogens with zero attached hydrogens (tertiary/aromatic N) is 1. The van der Waals surface area contributed by atoms with E-state index in [-0.39, 0.29) is 4.70 Å². The number of quaternary nitrogens is 1. The molecule has 1 saturated heterocycles. The van der Waals surface area contributed by atoms with Gasteiger partial charge in [0.15, 0.2) is 0 Å². The number of hydrogen-bond acceptors (Lipinski definition) is 0. The molecule has 1 fully saturated rings. The number of halogens is 1. The third kappa shape index (κ3) is 8.24. The highest BCUT2D eigenvalue weighted by Crippen LogP contribution is 2.21. The van der Waals surface area contributed by atoms with Crippen molar-refractivity contribution < 1.29 is 9.19 Å². The Bertz CT molecular complexity index is 200. The van der Waals surface area contributed by atoms with Crippen molar-refractivity contribution in [3.63, 3.8) is 0 Å². The molecule has 0 spiro atoms. The summed E-state index contributed by atoms with van der Waals surface area (Å²) in [5, 5.41) is 0. The first-order chi connectivity index (χ1) is 9.33. The van der Waals surface area contributed by atoms with Crippen molar-refractivity contribution >= 4 is 0 Å². The van der Waals surface area contributed by atoms with E-state index in [2.05, 4.69) is 13.8 Å². The molecule has 0 amide bonds. The Morgan fingerprint density at radius 1 is 0.600 bits per heavy atom. The van der Waals surface area contributed by atoms with Crippen LogP contribution in [0.3, 0.4) is 0 Å². The lowest BCUT2D eigenvalue weighted by Gasteiger charge is -2.42. The van der Waals surface area contributed by atoms with E-state index in [1.165, 1.54) is 108 Å². The van der Waals surface area contributed by atoms with Crippen LogP contribution in [0.1, 0.15) is 90.9 Å². The predicted octanol–water partition coefficient (Wildman–Crippen LogP) is 2.54. The van der Waals surface area contributed by atoms with E-state index in [1.54, 1.807) is 0 Å². The summed E-state index contributed by atoms with van der Waals surface area (Å²) < 4.78 is 1.48. The van der Waals surface area contributed by atoms with E-state index < -0.39 is 0 Å². The van der Waals surface area contributed by atoms with Crippen LogP contribution in [0.2, 0.25) is 0 Å². The molecule has 0 aromatic carbocycles. The van der Waals surface area contributed by atoms with Crippen LogP contribution in [0.4, 0.5) is 0 Å². The maximum absolute atomic E-state index is 2.34. The molecule has 0 saturated carbocycles. The van der Waals surface area contributed by atoms with Gasteiger partial charge in [0.1, 0.15) is 0 Å². The molecule has 20 heavy (non-hydrogen) atoms. The molecule has 1 rings (SSSR count). The van der Waals surface area contributed by atoms with Crippen molar-refractivity contribution in [2.75, 3.05) is 26.2 Å². The highest BCUT2D eigenvalue weighted by atomic mass is 19.0. The van der Waals surface area contributed by atoms with Gasteiger partial charge < -0.3 is 9.19 Å². The maximum Gasteiger partial charge on any atom is 0.0786 e. The molecule has 0 unspecified atom stereocenters. The number of unbranched alkanes of at least 4 members (excludes halogenated alkanes) is 7. The molecule has 1 heterocycles. The predicted molar refractivity (Wildman–Crippen MR) is 86.5 cm³/mol. The Hall–Kier alpha value is -0.110. The smallest absolute Gasteiger partial charge is 0.0786 e. The average Bonchev–Trinajstić information content (AvgIpc) is 2.45. The molecule has 0 bridgehead atoms. The first-order valence-electron chi connectivity index (χ1n) is 9.18. The third-order valence-electron chi connectivity index (χ3n) is 4.99. The molecule has 0 aromatic rings. The number of likely N-dealkylation sites (tertiary alicyclic amines) is 1. The van der Waals surface area contributed by atoms with Crippen molar-refractivity contribution in [1.29, 1.82) is 0 Å². The van der Waals surface area contributed by atoms with E-state index in [0.29, 0.717) is 0 Å². The molecular formula is C18H38FN. The number of rotatable bonds is 11. The second kappa shape index (κ2) is 12.6. The van der Waals surface area contributed by atoms with Gasteiger partial charge in [-0.15, -0.1) is 0 Å². The van der Waals surface area contributed by atoms with Gasteiger partial charge in [-0.05, 0) is 38.5 Å². The van der Waals surface area contributed by atoms with Gasteiger partial charge in [-0.1, -0.05) is 52.4 Å². The lowest BCUT2D eigenvalue weighted by molar-refractivity contribution is -0.932. The van der Waals surface area contributed by atoms with Gasteiger partial charge in [-0.2, -0.15) is 0 Å². The molecule has 0 aliphatic carbocycles. The van der Waals surface area contributed by atoms with Gasteiger partial charge >= 0.3 is 0 Å². The van der Waals surface area contributed by atoms with Gasteiger partial charge in [0.25, 0.3) is 0 Å². The van der Waals surface area contributed by atoms with Crippen LogP contribution in [0, 0.1) is 0 Å². The van der Waals surface area contributed by atoms with Crippen molar-refractivity contribution in [2.24, 2.45) is 0 Å². The molecular weight excluding hydrogens is 249 g/mol. The standard InChI is InChI=1S/C18H38N.FH/c1-3-5-7-8-9-10-12-16-19(15-6-4-2)17-13-11-14-18-19;/h3-18H2,1-2H3;1H/q+1;/p-1. The Morgan fingerprint density at radius 2 is 1.10 bits per heavy atom. The minimum atomic E-state index is 0. The summed E-state index contributed by atoms with van der Waals surface area (Å²) >= 11 is 0. The van der Waals surface area contributed by atoms with Crippen LogP contribution in [0.5, 0.6) is 0 Å². The van der Waals surface area contributed by atoms with E-state index in [4.69, 9.17) is 0 Å². The Kier molecular flexibility index (Phi) is 12.5. The van der Waals surface area contributed by atoms with E-state index >= 15 is 0 Å². The molecule has 1 aliphatic heterocycles. The molecule has 0 atom stereocenters. The maximum atomic E-state index is 2.34. The SMILES string of the molecule is CCCCCCCCC[N+]1(CCCC)CCCCC1.[F-]. The van der Waals surface area contributed by atoms with Crippen LogP contribution in [0.15, 0.2) is 0 Å². The monoisotopic (exact) mass is 287 g/mol. The first-order valence-corrected chi connectivity index (χ1v) is 9.18. The van der Waals surface area contributed by atoms with Crippen LogP contribution in [-0.4, -0.2) is 30.7 Å². The summed E-state index contributed by atoms with van der Waals surface area (Å²) in [4.78, 5) is 0. The molecule has 0 radical (unpaired) electrons. The lowest BCUT2D eigenvalue weighted by Crippen LogP contribution is -3.00. The summed E-state index contributed by atoms with van der Waals surface area (Å²) in [5.41, 5.74) is 0. The van der Waals surface area contributed by atoms with E-state index in [9.17, 15) is 0 Å². The van der Waals surface area contributed by atoms with Crippen molar-refractivity contribution in [2.45, 2.75) is 90.9 Å². The largest absolute Gasteiger partial charge is 1.00 e. The van der Waals surface area contributed by atoms with Gasteiger partial charge in [0.05, 0.1) is 26.2 Å². The minimum absolute atomic E-state index is 0. The van der Waals surface area contributed by atoms with Crippen LogP contribution in [0.25, 0.3) is 0 Å². The molecule has 0 N–H and O–H groups in total. The molecule has 122 valence electrons. The second-order valence-electron chi connectivity index (χ2n) is 6.77. The van der Waals surface area contributed by atoms with Crippen LogP contribution >= 0.6 is 0 Å².